The van der Waals surface area contributed by atoms with Gasteiger partial charge < -0.3 is 4.90 Å². The van der Waals surface area contributed by atoms with E-state index in [0.29, 0.717) is 31.1 Å². The van der Waals surface area contributed by atoms with Crippen LogP contribution in [0, 0.1) is 6.92 Å². The Bertz CT molecular complexity index is 997. The maximum atomic E-state index is 13.5. The van der Waals surface area contributed by atoms with Crippen LogP contribution in [0.25, 0.3) is 11.1 Å². The summed E-state index contributed by atoms with van der Waals surface area (Å²) in [6.45, 7) is 3.90. The molecule has 1 amide bonds. The largest absolute Gasteiger partial charge is 0.336 e. The number of carbonyl (C=O) groups is 1. The minimum absolute atomic E-state index is 0.0395. The molecular weight excluding hydrogens is 350 g/mol. The number of rotatable bonds is 3. The number of hydrogen-bond acceptors (Lipinski definition) is 4. The Hall–Kier alpha value is -3.02. The topological polar surface area (TPSA) is 63.9 Å². The fourth-order valence-corrected chi connectivity index (χ4v) is 3.89. The molecule has 142 valence electrons. The zero-order valence-corrected chi connectivity index (χ0v) is 16.0. The second-order valence-electron chi connectivity index (χ2n) is 7.61. The molecule has 0 bridgehead atoms. The lowest BCUT2D eigenvalue weighted by molar-refractivity contribution is 0.0757. The highest BCUT2D eigenvalue weighted by molar-refractivity contribution is 6.01. The third-order valence-corrected chi connectivity index (χ3v) is 5.62. The summed E-state index contributed by atoms with van der Waals surface area (Å²) >= 11 is 0. The Labute approximate surface area is 164 Å². The molecule has 3 aromatic rings. The van der Waals surface area contributed by atoms with Gasteiger partial charge in [0, 0.05) is 31.6 Å². The van der Waals surface area contributed by atoms with Crippen LogP contribution in [0.15, 0.2) is 42.6 Å². The molecule has 3 heterocycles. The quantitative estimate of drug-likeness (QED) is 0.707. The van der Waals surface area contributed by atoms with Crippen molar-refractivity contribution in [3.05, 3.63) is 65.5 Å². The van der Waals surface area contributed by atoms with Crippen molar-refractivity contribution in [1.82, 2.24) is 24.6 Å². The average molecular weight is 373 g/mol. The summed E-state index contributed by atoms with van der Waals surface area (Å²) in [6.07, 6.45) is 4.93. The molecule has 1 saturated carbocycles. The van der Waals surface area contributed by atoms with Crippen molar-refractivity contribution < 1.29 is 4.79 Å². The number of aryl methyl sites for hydroxylation is 1. The number of hydrogen-bond donors (Lipinski definition) is 0. The molecule has 0 saturated heterocycles. The predicted molar refractivity (Wildman–Crippen MR) is 106 cm³/mol. The van der Waals surface area contributed by atoms with E-state index in [4.69, 9.17) is 4.98 Å². The van der Waals surface area contributed by atoms with Crippen LogP contribution in [0.5, 0.6) is 0 Å². The molecule has 0 atom stereocenters. The number of nitrogens with zero attached hydrogens (tertiary/aromatic N) is 5. The van der Waals surface area contributed by atoms with E-state index < -0.39 is 0 Å². The third kappa shape index (κ3) is 3.09. The maximum Gasteiger partial charge on any atom is 0.256 e. The predicted octanol–water partition coefficient (Wildman–Crippen LogP) is 3.22. The Morgan fingerprint density at radius 1 is 1.07 bits per heavy atom. The van der Waals surface area contributed by atoms with E-state index in [1.807, 2.05) is 52.9 Å². The first-order valence-electron chi connectivity index (χ1n) is 9.94. The second-order valence-corrected chi connectivity index (χ2v) is 7.61. The lowest BCUT2D eigenvalue weighted by Crippen LogP contribution is -2.34. The van der Waals surface area contributed by atoms with Crippen LogP contribution in [0.4, 0.5) is 0 Å². The van der Waals surface area contributed by atoms with Crippen molar-refractivity contribution in [2.45, 2.75) is 38.6 Å². The normalized spacial score (nSPS) is 16.5. The fraction of sp³-hybridized carbons (Fsp3) is 0.364. The Kier molecular flexibility index (Phi) is 4.19. The molecule has 6 nitrogen and oxygen atoms in total. The van der Waals surface area contributed by atoms with E-state index in [2.05, 4.69) is 10.1 Å². The van der Waals surface area contributed by atoms with Gasteiger partial charge in [-0.05, 0) is 37.0 Å². The van der Waals surface area contributed by atoms with Gasteiger partial charge in [0.05, 0.1) is 17.8 Å². The zero-order valence-electron chi connectivity index (χ0n) is 16.0. The van der Waals surface area contributed by atoms with Gasteiger partial charge in [0.1, 0.15) is 5.82 Å². The SMILES string of the molecule is Cc1nccc(-c2ccccc2)c1C(=O)N1CCc2nc(C3CC3)nn2CC1. The molecule has 2 aromatic heterocycles. The minimum Gasteiger partial charge on any atom is -0.336 e. The molecule has 2 aliphatic rings. The van der Waals surface area contributed by atoms with Crippen LogP contribution in [0.1, 0.15) is 46.5 Å². The van der Waals surface area contributed by atoms with Gasteiger partial charge in [0.25, 0.3) is 5.91 Å². The number of amides is 1. The van der Waals surface area contributed by atoms with Crippen molar-refractivity contribution in [3.8, 4) is 11.1 Å². The minimum atomic E-state index is 0.0395. The summed E-state index contributed by atoms with van der Waals surface area (Å²) in [5.74, 6) is 2.59. The summed E-state index contributed by atoms with van der Waals surface area (Å²) in [6, 6.07) is 12.0. The monoisotopic (exact) mass is 373 g/mol. The van der Waals surface area contributed by atoms with Crippen molar-refractivity contribution in [2.24, 2.45) is 0 Å². The Balaban J connectivity index is 1.42. The van der Waals surface area contributed by atoms with E-state index in [1.54, 1.807) is 6.20 Å². The van der Waals surface area contributed by atoms with Crippen molar-refractivity contribution in [2.75, 3.05) is 13.1 Å². The molecule has 0 spiro atoms. The summed E-state index contributed by atoms with van der Waals surface area (Å²) in [5, 5.41) is 4.68. The summed E-state index contributed by atoms with van der Waals surface area (Å²) in [4.78, 5) is 24.5. The number of pyridine rings is 1. The Morgan fingerprint density at radius 3 is 2.68 bits per heavy atom. The first kappa shape index (κ1) is 17.1. The van der Waals surface area contributed by atoms with Crippen LogP contribution in [-0.4, -0.2) is 43.6 Å². The molecule has 0 unspecified atom stereocenters. The number of aromatic nitrogens is 4. The molecule has 6 heteroatoms. The first-order chi connectivity index (χ1) is 13.7. The number of benzene rings is 1. The molecule has 0 N–H and O–H groups in total. The highest BCUT2D eigenvalue weighted by Crippen LogP contribution is 2.38. The summed E-state index contributed by atoms with van der Waals surface area (Å²) in [5.41, 5.74) is 3.44. The van der Waals surface area contributed by atoms with E-state index >= 15 is 0 Å². The van der Waals surface area contributed by atoms with Crippen LogP contribution in [-0.2, 0) is 13.0 Å². The highest BCUT2D eigenvalue weighted by atomic mass is 16.2. The van der Waals surface area contributed by atoms with Gasteiger partial charge in [0.2, 0.25) is 0 Å². The zero-order chi connectivity index (χ0) is 19.1. The molecule has 5 rings (SSSR count). The van der Waals surface area contributed by atoms with Crippen LogP contribution in [0.2, 0.25) is 0 Å². The Morgan fingerprint density at radius 2 is 1.89 bits per heavy atom. The maximum absolute atomic E-state index is 13.5. The van der Waals surface area contributed by atoms with Crippen LogP contribution < -0.4 is 0 Å². The molecule has 1 aliphatic carbocycles. The molecule has 1 aromatic carbocycles. The average Bonchev–Trinajstić information content (AvgIpc) is 3.52. The van der Waals surface area contributed by atoms with Crippen molar-refractivity contribution in [1.29, 1.82) is 0 Å². The van der Waals surface area contributed by atoms with Gasteiger partial charge >= 0.3 is 0 Å². The van der Waals surface area contributed by atoms with Crippen LogP contribution in [0.3, 0.4) is 0 Å². The molecule has 0 radical (unpaired) electrons. The van der Waals surface area contributed by atoms with Gasteiger partial charge in [-0.15, -0.1) is 0 Å². The van der Waals surface area contributed by atoms with Gasteiger partial charge in [-0.2, -0.15) is 5.10 Å². The smallest absolute Gasteiger partial charge is 0.256 e. The van der Waals surface area contributed by atoms with Gasteiger partial charge in [-0.3, -0.25) is 9.78 Å². The summed E-state index contributed by atoms with van der Waals surface area (Å²) in [7, 11) is 0. The van der Waals surface area contributed by atoms with Gasteiger partial charge in [-0.1, -0.05) is 30.3 Å². The van der Waals surface area contributed by atoms with Crippen molar-refractivity contribution >= 4 is 5.91 Å². The third-order valence-electron chi connectivity index (χ3n) is 5.62. The number of carbonyl (C=O) groups excluding carboxylic acids is 1. The van der Waals surface area contributed by atoms with E-state index in [0.717, 1.165) is 34.9 Å². The van der Waals surface area contributed by atoms with Crippen LogP contribution >= 0.6 is 0 Å². The molecule has 1 aliphatic heterocycles. The van der Waals surface area contributed by atoms with E-state index in [-0.39, 0.29) is 5.91 Å². The highest BCUT2D eigenvalue weighted by Gasteiger charge is 2.30. The summed E-state index contributed by atoms with van der Waals surface area (Å²) < 4.78 is 2.00. The van der Waals surface area contributed by atoms with Gasteiger partial charge in [0.15, 0.2) is 5.82 Å². The fourth-order valence-electron chi connectivity index (χ4n) is 3.89. The first-order valence-corrected chi connectivity index (χ1v) is 9.94. The van der Waals surface area contributed by atoms with E-state index in [9.17, 15) is 4.79 Å². The lowest BCUT2D eigenvalue weighted by Gasteiger charge is -2.22. The van der Waals surface area contributed by atoms with Gasteiger partial charge in [-0.25, -0.2) is 9.67 Å². The van der Waals surface area contributed by atoms with E-state index in [1.165, 1.54) is 12.8 Å². The standard InChI is InChI=1S/C22H23N5O/c1-15-20(18(9-11-23-15)16-5-3-2-4-6-16)22(28)26-12-10-19-24-21(17-7-8-17)25-27(19)14-13-26/h2-6,9,11,17H,7-8,10,12-14H2,1H3. The molecule has 1 fully saturated rings. The molecule has 28 heavy (non-hydrogen) atoms. The number of fused-ring (bicyclic) bond motifs is 1. The molecular formula is C22H23N5O. The lowest BCUT2D eigenvalue weighted by atomic mass is 9.98. The van der Waals surface area contributed by atoms with Crippen molar-refractivity contribution in [3.63, 3.8) is 0 Å². The second kappa shape index (κ2) is 6.86.